The first kappa shape index (κ1) is 27.5. The summed E-state index contributed by atoms with van der Waals surface area (Å²) in [4.78, 5) is 12.8. The molecule has 0 heterocycles. The fourth-order valence-corrected chi connectivity index (χ4v) is 6.01. The number of carbonyl (C=O) groups excluding carboxylic acids is 1. The summed E-state index contributed by atoms with van der Waals surface area (Å²) in [7, 11) is -7.77. The van der Waals surface area contributed by atoms with E-state index in [1.54, 1.807) is 36.4 Å². The first-order valence-corrected chi connectivity index (χ1v) is 14.7. The molecule has 0 aliphatic heterocycles. The quantitative estimate of drug-likeness (QED) is 0.227. The maximum Gasteiger partial charge on any atom is 0.261 e. The van der Waals surface area contributed by atoms with Gasteiger partial charge in [0.15, 0.2) is 0 Å². The number of amides is 1. The summed E-state index contributed by atoms with van der Waals surface area (Å²) in [6.45, 7) is 1.85. The molecule has 1 amide bonds. The maximum atomic E-state index is 12.7. The lowest BCUT2D eigenvalue weighted by atomic mass is 10.2. The summed E-state index contributed by atoms with van der Waals surface area (Å²) in [6, 6.07) is 22.5. The molecule has 0 spiro atoms. The number of carbonyl (C=O) groups is 1. The van der Waals surface area contributed by atoms with E-state index in [0.717, 1.165) is 5.56 Å². The van der Waals surface area contributed by atoms with Gasteiger partial charge in [-0.15, -0.1) is 0 Å². The van der Waals surface area contributed by atoms with Gasteiger partial charge in [-0.25, -0.2) is 16.8 Å². The lowest BCUT2D eigenvalue weighted by Gasteiger charge is -2.12. The van der Waals surface area contributed by atoms with Crippen molar-refractivity contribution in [3.63, 3.8) is 0 Å². The number of rotatable bonds is 8. The van der Waals surface area contributed by atoms with E-state index in [1.807, 2.05) is 6.92 Å². The Morgan fingerprint density at radius 3 is 1.74 bits per heavy atom. The molecule has 0 aliphatic carbocycles. The maximum absolute atomic E-state index is 12.7. The van der Waals surface area contributed by atoms with Gasteiger partial charge in [0.1, 0.15) is 0 Å². The average Bonchev–Trinajstić information content (AvgIpc) is 2.87. The summed E-state index contributed by atoms with van der Waals surface area (Å²) in [5, 5.41) is 2.93. The third-order valence-electron chi connectivity index (χ3n) is 5.35. The van der Waals surface area contributed by atoms with Crippen molar-refractivity contribution in [2.45, 2.75) is 16.7 Å². The number of hydrogen-bond acceptors (Lipinski definition) is 5. The van der Waals surface area contributed by atoms with E-state index in [1.165, 1.54) is 54.6 Å². The van der Waals surface area contributed by atoms with Crippen LogP contribution in [0.25, 0.3) is 0 Å². The highest BCUT2D eigenvalue weighted by Gasteiger charge is 2.18. The van der Waals surface area contributed by atoms with Crippen LogP contribution >= 0.6 is 23.2 Å². The monoisotopic (exact) mass is 589 g/mol. The smallest absolute Gasteiger partial charge is 0.261 e. The van der Waals surface area contributed by atoms with Crippen molar-refractivity contribution in [3.8, 4) is 0 Å². The minimum Gasteiger partial charge on any atom is -0.322 e. The van der Waals surface area contributed by atoms with E-state index in [0.29, 0.717) is 5.69 Å². The number of halogens is 2. The van der Waals surface area contributed by atoms with Crippen molar-refractivity contribution in [1.82, 2.24) is 0 Å². The van der Waals surface area contributed by atoms with Crippen molar-refractivity contribution in [2.75, 3.05) is 14.8 Å². The topological polar surface area (TPSA) is 121 Å². The molecule has 0 aliphatic rings. The Hall–Kier alpha value is -3.57. The fraction of sp³-hybridized carbons (Fsp3) is 0.0385. The van der Waals surface area contributed by atoms with Crippen LogP contribution in [0.15, 0.2) is 101 Å². The molecule has 3 N–H and O–H groups in total. The molecule has 4 rings (SSSR count). The zero-order valence-corrected chi connectivity index (χ0v) is 22.9. The van der Waals surface area contributed by atoms with Crippen molar-refractivity contribution >= 4 is 66.2 Å². The van der Waals surface area contributed by atoms with E-state index >= 15 is 0 Å². The van der Waals surface area contributed by atoms with Gasteiger partial charge in [-0.1, -0.05) is 53.0 Å². The number of hydrogen-bond donors (Lipinski definition) is 3. The van der Waals surface area contributed by atoms with E-state index in [-0.39, 0.29) is 36.8 Å². The van der Waals surface area contributed by atoms with Gasteiger partial charge >= 0.3 is 0 Å². The van der Waals surface area contributed by atoms with Crippen LogP contribution in [0, 0.1) is 6.92 Å². The Bertz CT molecular complexity index is 1710. The van der Waals surface area contributed by atoms with Crippen molar-refractivity contribution < 1.29 is 21.6 Å². The highest BCUT2D eigenvalue weighted by atomic mass is 35.5. The normalized spacial score (nSPS) is 11.6. The molecule has 0 radical (unpaired) electrons. The Morgan fingerprint density at radius 2 is 1.18 bits per heavy atom. The fourth-order valence-electron chi connectivity index (χ4n) is 3.33. The van der Waals surface area contributed by atoms with Crippen molar-refractivity contribution in [1.29, 1.82) is 0 Å². The van der Waals surface area contributed by atoms with Gasteiger partial charge in [-0.05, 0) is 73.7 Å². The van der Waals surface area contributed by atoms with Gasteiger partial charge in [-0.3, -0.25) is 14.2 Å². The predicted molar refractivity (Wildman–Crippen MR) is 150 cm³/mol. The largest absolute Gasteiger partial charge is 0.322 e. The Kier molecular flexibility index (Phi) is 7.98. The van der Waals surface area contributed by atoms with Crippen LogP contribution in [0.5, 0.6) is 0 Å². The van der Waals surface area contributed by atoms with E-state index in [9.17, 15) is 21.6 Å². The van der Waals surface area contributed by atoms with Gasteiger partial charge in [0, 0.05) is 11.3 Å². The molecule has 0 bridgehead atoms. The van der Waals surface area contributed by atoms with Gasteiger partial charge in [0.2, 0.25) is 0 Å². The summed E-state index contributed by atoms with van der Waals surface area (Å²) < 4.78 is 55.4. The zero-order valence-electron chi connectivity index (χ0n) is 19.8. The minimum atomic E-state index is -3.90. The van der Waals surface area contributed by atoms with Crippen LogP contribution < -0.4 is 14.8 Å². The number of sulfonamides is 2. The minimum absolute atomic E-state index is 0.0244. The Labute approximate surface area is 230 Å². The second kappa shape index (κ2) is 11.0. The van der Waals surface area contributed by atoms with E-state index < -0.39 is 26.0 Å². The van der Waals surface area contributed by atoms with Crippen LogP contribution in [-0.4, -0.2) is 22.7 Å². The third kappa shape index (κ3) is 6.46. The molecule has 0 aromatic heterocycles. The molecule has 0 atom stereocenters. The second-order valence-corrected chi connectivity index (χ2v) is 12.4. The van der Waals surface area contributed by atoms with Crippen LogP contribution in [0.3, 0.4) is 0 Å². The SMILES string of the molecule is Cc1ccc(S(=O)(=O)Nc2ccc(C(=O)Nc3ccc(S(=O)(=O)Nc4ccccc4Cl)cc3)cc2Cl)cc1. The standard InChI is InChI=1S/C26H21Cl2N3O5S2/c1-17-6-11-20(12-7-17)37(33,34)31-25-15-8-18(16-23(25)28)26(32)29-19-9-13-21(14-10-19)38(35,36)30-24-5-3-2-4-22(24)27/h2-16,30-31H,1H3,(H,29,32). The molecule has 12 heteroatoms. The van der Waals surface area contributed by atoms with E-state index in [2.05, 4.69) is 14.8 Å². The van der Waals surface area contributed by atoms with Gasteiger partial charge in [0.25, 0.3) is 26.0 Å². The molecule has 4 aromatic rings. The number of para-hydroxylation sites is 1. The van der Waals surface area contributed by atoms with Crippen molar-refractivity contribution in [2.24, 2.45) is 0 Å². The van der Waals surface area contributed by atoms with Crippen LogP contribution in [0.1, 0.15) is 15.9 Å². The molecule has 0 fully saturated rings. The first-order valence-electron chi connectivity index (χ1n) is 11.0. The Morgan fingerprint density at radius 1 is 0.658 bits per heavy atom. The lowest BCUT2D eigenvalue weighted by molar-refractivity contribution is 0.102. The summed E-state index contributed by atoms with van der Waals surface area (Å²) in [5.74, 6) is -0.523. The third-order valence-corrected chi connectivity index (χ3v) is 8.75. The molecule has 38 heavy (non-hydrogen) atoms. The molecule has 8 nitrogen and oxygen atoms in total. The molecule has 0 unspecified atom stereocenters. The number of benzene rings is 4. The molecule has 0 saturated heterocycles. The number of aryl methyl sites for hydroxylation is 1. The average molecular weight is 591 g/mol. The highest BCUT2D eigenvalue weighted by Crippen LogP contribution is 2.27. The Balaban J connectivity index is 1.44. The second-order valence-electron chi connectivity index (χ2n) is 8.18. The molecular weight excluding hydrogens is 569 g/mol. The van der Waals surface area contributed by atoms with E-state index in [4.69, 9.17) is 23.2 Å². The number of anilines is 3. The van der Waals surface area contributed by atoms with Crippen molar-refractivity contribution in [3.05, 3.63) is 112 Å². The number of nitrogens with one attached hydrogen (secondary N) is 3. The highest BCUT2D eigenvalue weighted by molar-refractivity contribution is 7.93. The molecule has 0 saturated carbocycles. The van der Waals surface area contributed by atoms with Gasteiger partial charge < -0.3 is 5.32 Å². The van der Waals surface area contributed by atoms with Gasteiger partial charge in [-0.2, -0.15) is 0 Å². The molecule has 196 valence electrons. The molecular formula is C26H21Cl2N3O5S2. The first-order chi connectivity index (χ1) is 17.9. The summed E-state index contributed by atoms with van der Waals surface area (Å²) >= 11 is 12.3. The van der Waals surface area contributed by atoms with Crippen LogP contribution in [-0.2, 0) is 20.0 Å². The summed E-state index contributed by atoms with van der Waals surface area (Å²) in [6.07, 6.45) is 0. The van der Waals surface area contributed by atoms with Crippen LogP contribution in [0.4, 0.5) is 17.1 Å². The lowest BCUT2D eigenvalue weighted by Crippen LogP contribution is -2.15. The van der Waals surface area contributed by atoms with Gasteiger partial charge in [0.05, 0.1) is 31.2 Å². The zero-order chi connectivity index (χ0) is 27.5. The molecule has 4 aromatic carbocycles. The predicted octanol–water partition coefficient (Wildman–Crippen LogP) is 6.16. The summed E-state index contributed by atoms with van der Waals surface area (Å²) in [5.41, 5.74) is 1.79. The van der Waals surface area contributed by atoms with Crippen LogP contribution in [0.2, 0.25) is 10.0 Å².